The molecule has 1 fully saturated rings. The van der Waals surface area contributed by atoms with Gasteiger partial charge in [0.1, 0.15) is 5.82 Å². The Kier molecular flexibility index (Phi) is 7.67. The Hall–Kier alpha value is -4.15. The third kappa shape index (κ3) is 6.13. The summed E-state index contributed by atoms with van der Waals surface area (Å²) in [6, 6.07) is 17.7. The molecule has 1 amide bonds. The number of hydrogen-bond donors (Lipinski definition) is 2. The van der Waals surface area contributed by atoms with Gasteiger partial charge in [0.25, 0.3) is 0 Å². The van der Waals surface area contributed by atoms with E-state index in [1.54, 1.807) is 31.3 Å². The summed E-state index contributed by atoms with van der Waals surface area (Å²) >= 11 is 0. The van der Waals surface area contributed by atoms with Crippen LogP contribution in [0.2, 0.25) is 0 Å². The van der Waals surface area contributed by atoms with Crippen molar-refractivity contribution in [2.75, 3.05) is 13.2 Å². The first-order chi connectivity index (χ1) is 18.8. The number of aromatic nitrogens is 4. The smallest absolute Gasteiger partial charge is 0.317 e. The summed E-state index contributed by atoms with van der Waals surface area (Å²) in [6.07, 6.45) is 0.667. The van der Waals surface area contributed by atoms with E-state index in [0.717, 1.165) is 5.56 Å². The predicted molar refractivity (Wildman–Crippen MR) is 142 cm³/mol. The second kappa shape index (κ2) is 11.3. The fourth-order valence-electron chi connectivity index (χ4n) is 4.14. The highest BCUT2D eigenvalue weighted by Gasteiger charge is 2.40. The lowest BCUT2D eigenvalue weighted by Crippen LogP contribution is -2.48. The Morgan fingerprint density at radius 3 is 2.51 bits per heavy atom. The molecule has 2 N–H and O–H groups in total. The summed E-state index contributed by atoms with van der Waals surface area (Å²) < 4.78 is 31.3. The summed E-state index contributed by atoms with van der Waals surface area (Å²) in [5, 5.41) is 2.96. The van der Waals surface area contributed by atoms with E-state index in [4.69, 9.17) is 19.2 Å². The normalized spacial score (nSPS) is 19.2. The molecule has 0 spiro atoms. The molecule has 3 heterocycles. The van der Waals surface area contributed by atoms with Gasteiger partial charge in [0.2, 0.25) is 12.2 Å². The quantitative estimate of drug-likeness (QED) is 0.335. The van der Waals surface area contributed by atoms with Crippen molar-refractivity contribution in [3.8, 4) is 28.7 Å². The topological polar surface area (TPSA) is 111 Å². The zero-order valence-corrected chi connectivity index (χ0v) is 22.0. The molecule has 0 atom stereocenters. The van der Waals surface area contributed by atoms with Gasteiger partial charge in [-0.3, -0.25) is 4.79 Å². The van der Waals surface area contributed by atoms with E-state index in [1.807, 2.05) is 44.2 Å². The van der Waals surface area contributed by atoms with Gasteiger partial charge in [-0.15, -0.1) is 0 Å². The molecule has 2 aromatic carbocycles. The van der Waals surface area contributed by atoms with Gasteiger partial charge in [-0.25, -0.2) is 14.4 Å². The molecule has 2 aromatic heterocycles. The van der Waals surface area contributed by atoms with Gasteiger partial charge >= 0.3 is 6.01 Å². The number of amides is 1. The van der Waals surface area contributed by atoms with Crippen LogP contribution < -0.4 is 10.1 Å². The highest BCUT2D eigenvalue weighted by Crippen LogP contribution is 2.35. The average Bonchev–Trinajstić information content (AvgIpc) is 3.38. The third-order valence-corrected chi connectivity index (χ3v) is 6.24. The lowest BCUT2D eigenvalue weighted by Gasteiger charge is -2.35. The maximum atomic E-state index is 13.6. The van der Waals surface area contributed by atoms with E-state index in [-0.39, 0.29) is 37.1 Å². The minimum Gasteiger partial charge on any atom is -0.461 e. The number of carbonyl (C=O) groups excluding carboxylic acids is 1. The summed E-state index contributed by atoms with van der Waals surface area (Å²) in [7, 11) is 0. The van der Waals surface area contributed by atoms with E-state index in [0.29, 0.717) is 35.0 Å². The minimum absolute atomic E-state index is 0.0996. The molecule has 0 bridgehead atoms. The molecule has 1 aliphatic rings. The summed E-state index contributed by atoms with van der Waals surface area (Å²) in [5.41, 5.74) is 2.48. The molecule has 9 nitrogen and oxygen atoms in total. The Balaban J connectivity index is 1.36. The van der Waals surface area contributed by atoms with Crippen molar-refractivity contribution in [3.63, 3.8) is 0 Å². The van der Waals surface area contributed by atoms with Crippen molar-refractivity contribution >= 4 is 5.91 Å². The van der Waals surface area contributed by atoms with E-state index >= 15 is 0 Å². The number of nitrogens with zero attached hydrogens (tertiary/aromatic N) is 3. The standard InChI is InChI=1S/C29H30FN5O4/c1-18(2)39-28-31-14-13-22(33-28)24-23(20-9-11-21(30)12-10-20)34-25(35-24)26-37-16-29(3,17-38-26)27(36)32-15-19-7-5-4-6-8-19/h4-14,18,26H,15-17H2,1-3H3,(H,32,36)(H,34,35). The Bertz CT molecular complexity index is 1420. The number of H-pyrrole nitrogens is 1. The predicted octanol–water partition coefficient (Wildman–Crippen LogP) is 4.83. The van der Waals surface area contributed by atoms with E-state index < -0.39 is 11.7 Å². The molecule has 0 radical (unpaired) electrons. The number of hydrogen-bond acceptors (Lipinski definition) is 7. The molecule has 0 aliphatic carbocycles. The molecular weight excluding hydrogens is 501 g/mol. The molecular formula is C29H30FN5O4. The summed E-state index contributed by atoms with van der Waals surface area (Å²) in [6.45, 7) is 6.28. The first kappa shape index (κ1) is 26.5. The summed E-state index contributed by atoms with van der Waals surface area (Å²) in [5.74, 6) is -0.105. The van der Waals surface area contributed by atoms with Crippen LogP contribution in [0, 0.1) is 11.2 Å². The number of carbonyl (C=O) groups is 1. The number of nitrogens with one attached hydrogen (secondary N) is 2. The lowest BCUT2D eigenvalue weighted by molar-refractivity contribution is -0.231. The van der Waals surface area contributed by atoms with Gasteiger partial charge in [0.05, 0.1) is 41.8 Å². The SMILES string of the molecule is CC(C)Oc1nccc(-c2[nH]c(C3OCC(C)(C(=O)NCc4ccccc4)CO3)nc2-c2ccc(F)cc2)n1. The average molecular weight is 532 g/mol. The molecule has 1 aliphatic heterocycles. The molecule has 4 aromatic rings. The Labute approximate surface area is 225 Å². The molecule has 0 saturated carbocycles. The maximum Gasteiger partial charge on any atom is 0.317 e. The van der Waals surface area contributed by atoms with Crippen LogP contribution in [0.3, 0.4) is 0 Å². The molecule has 5 rings (SSSR count). The zero-order valence-electron chi connectivity index (χ0n) is 22.0. The van der Waals surface area contributed by atoms with Crippen LogP contribution in [0.1, 0.15) is 38.4 Å². The van der Waals surface area contributed by atoms with Crippen LogP contribution in [0.25, 0.3) is 22.6 Å². The number of rotatable bonds is 8. The monoisotopic (exact) mass is 531 g/mol. The minimum atomic E-state index is -0.865. The van der Waals surface area contributed by atoms with Crippen molar-refractivity contribution in [2.24, 2.45) is 5.41 Å². The van der Waals surface area contributed by atoms with Gasteiger partial charge in [-0.1, -0.05) is 30.3 Å². The van der Waals surface area contributed by atoms with Gasteiger partial charge < -0.3 is 24.5 Å². The molecule has 39 heavy (non-hydrogen) atoms. The fourth-order valence-corrected chi connectivity index (χ4v) is 4.14. The van der Waals surface area contributed by atoms with Crippen molar-refractivity contribution < 1.29 is 23.4 Å². The summed E-state index contributed by atoms with van der Waals surface area (Å²) in [4.78, 5) is 29.7. The van der Waals surface area contributed by atoms with Gasteiger partial charge in [-0.05, 0) is 56.7 Å². The number of benzene rings is 2. The molecule has 202 valence electrons. The number of aromatic amines is 1. The number of ether oxygens (including phenoxy) is 3. The van der Waals surface area contributed by atoms with Crippen molar-refractivity contribution in [1.29, 1.82) is 0 Å². The van der Waals surface area contributed by atoms with Gasteiger partial charge in [-0.2, -0.15) is 4.98 Å². The van der Waals surface area contributed by atoms with Crippen LogP contribution in [0.5, 0.6) is 6.01 Å². The van der Waals surface area contributed by atoms with Crippen LogP contribution in [0.15, 0.2) is 66.9 Å². The fraction of sp³-hybridized carbons (Fsp3) is 0.310. The highest BCUT2D eigenvalue weighted by atomic mass is 19.1. The first-order valence-corrected chi connectivity index (χ1v) is 12.7. The van der Waals surface area contributed by atoms with Crippen molar-refractivity contribution in [3.05, 3.63) is 84.1 Å². The molecule has 10 heteroatoms. The third-order valence-electron chi connectivity index (χ3n) is 6.24. The number of imidazole rings is 1. The first-order valence-electron chi connectivity index (χ1n) is 12.7. The van der Waals surface area contributed by atoms with Crippen molar-refractivity contribution in [1.82, 2.24) is 25.3 Å². The van der Waals surface area contributed by atoms with Gasteiger partial charge in [0, 0.05) is 18.3 Å². The zero-order chi connectivity index (χ0) is 27.4. The lowest BCUT2D eigenvalue weighted by atomic mass is 9.91. The van der Waals surface area contributed by atoms with Crippen LogP contribution in [0.4, 0.5) is 4.39 Å². The second-order valence-corrected chi connectivity index (χ2v) is 9.93. The van der Waals surface area contributed by atoms with E-state index in [2.05, 4.69) is 20.3 Å². The maximum absolute atomic E-state index is 13.6. The Morgan fingerprint density at radius 1 is 1.10 bits per heavy atom. The second-order valence-electron chi connectivity index (χ2n) is 9.93. The van der Waals surface area contributed by atoms with E-state index in [9.17, 15) is 9.18 Å². The number of halogens is 1. The van der Waals surface area contributed by atoms with Gasteiger partial charge in [0.15, 0.2) is 5.82 Å². The van der Waals surface area contributed by atoms with Crippen LogP contribution in [-0.4, -0.2) is 45.2 Å². The van der Waals surface area contributed by atoms with Crippen LogP contribution in [-0.2, 0) is 20.8 Å². The van der Waals surface area contributed by atoms with Crippen molar-refractivity contribution in [2.45, 2.75) is 39.7 Å². The highest BCUT2D eigenvalue weighted by molar-refractivity contribution is 5.82. The van der Waals surface area contributed by atoms with E-state index in [1.165, 1.54) is 12.1 Å². The van der Waals surface area contributed by atoms with Crippen LogP contribution >= 0.6 is 0 Å². The largest absolute Gasteiger partial charge is 0.461 e. The Morgan fingerprint density at radius 2 is 1.82 bits per heavy atom. The molecule has 1 saturated heterocycles. The molecule has 0 unspecified atom stereocenters.